The molecule has 27 heavy (non-hydrogen) atoms. The zero-order valence-electron chi connectivity index (χ0n) is 18.4. The Morgan fingerprint density at radius 3 is 1.89 bits per heavy atom. The van der Waals surface area contributed by atoms with Gasteiger partial charge in [0.25, 0.3) is 0 Å². The minimum atomic E-state index is -1.79. The Hall–Kier alpha value is -0.366. The van der Waals surface area contributed by atoms with E-state index in [1.807, 2.05) is 13.8 Å². The molecule has 0 spiro atoms. The van der Waals surface area contributed by atoms with Crippen LogP contribution >= 0.6 is 0 Å². The van der Waals surface area contributed by atoms with Gasteiger partial charge in [0, 0.05) is 0 Å². The first-order valence-electron chi connectivity index (χ1n) is 11.1. The van der Waals surface area contributed by atoms with Crippen molar-refractivity contribution in [3.8, 4) is 0 Å². The fourth-order valence-electron chi connectivity index (χ4n) is 6.03. The molecule has 4 aliphatic rings. The predicted octanol–water partition coefficient (Wildman–Crippen LogP) is 7.40. The molecule has 3 fully saturated rings. The molecule has 1 N–H and O–H groups in total. The van der Waals surface area contributed by atoms with Crippen molar-refractivity contribution < 1.29 is 16.8 Å². The number of hydrogen-bond donors (Lipinski definition) is 1. The summed E-state index contributed by atoms with van der Waals surface area (Å²) < 4.78 is 8.49. The molecule has 5 unspecified atom stereocenters. The Morgan fingerprint density at radius 1 is 0.889 bits per heavy atom. The molecule has 1 nitrogen and oxygen atoms in total. The first kappa shape index (κ1) is 21.3. The molecule has 0 bridgehead atoms. The van der Waals surface area contributed by atoms with Gasteiger partial charge in [0.1, 0.15) is 0 Å². The summed E-state index contributed by atoms with van der Waals surface area (Å²) >= 11 is -1.79. The van der Waals surface area contributed by atoms with Crippen molar-refractivity contribution in [2.45, 2.75) is 79.5 Å². The number of allylic oxidation sites excluding steroid dienone is 6. The van der Waals surface area contributed by atoms with E-state index in [0.29, 0.717) is 5.54 Å². The molecule has 2 heteroatoms. The maximum atomic E-state index is 4.24. The van der Waals surface area contributed by atoms with Crippen molar-refractivity contribution in [1.29, 1.82) is 0 Å². The molecular weight excluding hydrogens is 362 g/mol. The summed E-state index contributed by atoms with van der Waals surface area (Å²) in [6.07, 6.45) is 15.9. The standard InChI is InChI=1S/C13H17.C6H10.C4H10N.C2H4.Ti/c1-3-7-12-10(5-1)9-11-6-2-4-8-13(11)12;1-5(2)6(3)4;1-4(2,3)5;1-2;/h1,3,5,7,9-13H,2,4,6,8H2;1,3H2,2,4H3;5H,1-3H3;1-2H2;/q;;-1;;+1. The summed E-state index contributed by atoms with van der Waals surface area (Å²) in [5.74, 6) is 3.84. The zero-order valence-corrected chi connectivity index (χ0v) is 19.9. The molecule has 0 radical (unpaired) electrons. The second-order valence-electron chi connectivity index (χ2n) is 10.7. The third-order valence-corrected chi connectivity index (χ3v) is 14.9. The van der Waals surface area contributed by atoms with E-state index in [0.717, 1.165) is 39.0 Å². The molecule has 1 saturated heterocycles. The SMILES string of the molecule is C=C(C)C(=C)C.CC(C)(C)[NH][Ti]1([CH]2C3C=CC=CC3C3CCCCC32)[CH2][CH2]1. The van der Waals surface area contributed by atoms with Crippen LogP contribution in [-0.4, -0.2) is 5.54 Å². The fourth-order valence-corrected chi connectivity index (χ4v) is 15.8. The average molecular weight is 403 g/mol. The maximum absolute atomic E-state index is 4.24. The van der Waals surface area contributed by atoms with Gasteiger partial charge < -0.3 is 0 Å². The van der Waals surface area contributed by atoms with E-state index in [1.165, 1.54) is 25.7 Å². The van der Waals surface area contributed by atoms with Crippen molar-refractivity contribution in [1.82, 2.24) is 3.80 Å². The van der Waals surface area contributed by atoms with Crippen molar-refractivity contribution in [2.24, 2.45) is 23.7 Å². The summed E-state index contributed by atoms with van der Waals surface area (Å²) in [6, 6.07) is 0. The first-order valence-corrected chi connectivity index (χ1v) is 15.0. The van der Waals surface area contributed by atoms with Gasteiger partial charge >= 0.3 is 134 Å². The molecule has 2 saturated carbocycles. The monoisotopic (exact) mass is 403 g/mol. The van der Waals surface area contributed by atoms with Crippen molar-refractivity contribution in [3.05, 3.63) is 48.6 Å². The van der Waals surface area contributed by atoms with E-state index < -0.39 is 16.8 Å². The van der Waals surface area contributed by atoms with Gasteiger partial charge in [-0.25, -0.2) is 0 Å². The minimum absolute atomic E-state index is 0.326. The molecule has 0 amide bonds. The number of nitrogens with one attached hydrogen (secondary N) is 1. The van der Waals surface area contributed by atoms with Crippen LogP contribution in [0, 0.1) is 23.7 Å². The number of rotatable bonds is 3. The number of hydrogen-bond acceptors (Lipinski definition) is 1. The molecule has 0 aromatic carbocycles. The van der Waals surface area contributed by atoms with E-state index in [-0.39, 0.29) is 0 Å². The summed E-state index contributed by atoms with van der Waals surface area (Å²) in [6.45, 7) is 18.4. The molecule has 1 heterocycles. The van der Waals surface area contributed by atoms with Gasteiger partial charge in [0.2, 0.25) is 0 Å². The van der Waals surface area contributed by atoms with Crippen LogP contribution in [0.25, 0.3) is 0 Å². The summed E-state index contributed by atoms with van der Waals surface area (Å²) in [7, 11) is 0. The first-order chi connectivity index (χ1) is 12.6. The summed E-state index contributed by atoms with van der Waals surface area (Å²) in [5, 5.41) is 0. The molecule has 5 atom stereocenters. The van der Waals surface area contributed by atoms with Crippen LogP contribution in [0.4, 0.5) is 0 Å². The molecular formula is C25H41NTi. The van der Waals surface area contributed by atoms with Crippen LogP contribution in [0.1, 0.15) is 60.3 Å². The quantitative estimate of drug-likeness (QED) is 0.382. The summed E-state index contributed by atoms with van der Waals surface area (Å²) in [4.78, 5) is 0. The van der Waals surface area contributed by atoms with Crippen LogP contribution in [0.2, 0.25) is 13.7 Å². The topological polar surface area (TPSA) is 12.0 Å². The van der Waals surface area contributed by atoms with Gasteiger partial charge in [-0.3, -0.25) is 0 Å². The molecule has 0 aromatic heterocycles. The Labute approximate surface area is 172 Å². The Kier molecular flexibility index (Phi) is 6.46. The van der Waals surface area contributed by atoms with Crippen LogP contribution < -0.4 is 3.80 Å². The average Bonchev–Trinajstić information content (AvgIpc) is 3.26. The van der Waals surface area contributed by atoms with Crippen LogP contribution in [-0.2, 0) is 16.8 Å². The normalized spacial score (nSPS) is 35.5. The molecule has 150 valence electrons. The fraction of sp³-hybridized carbons (Fsp3) is 0.680. The summed E-state index contributed by atoms with van der Waals surface area (Å²) in [5.41, 5.74) is 2.46. The Bertz CT molecular complexity index is 619. The predicted molar refractivity (Wildman–Crippen MR) is 117 cm³/mol. The third-order valence-electron chi connectivity index (χ3n) is 7.25. The van der Waals surface area contributed by atoms with E-state index in [2.05, 4.69) is 62.0 Å². The van der Waals surface area contributed by atoms with Gasteiger partial charge in [0.15, 0.2) is 0 Å². The second-order valence-corrected chi connectivity index (χ2v) is 17.3. The van der Waals surface area contributed by atoms with Gasteiger partial charge in [-0.1, -0.05) is 24.3 Å². The van der Waals surface area contributed by atoms with Crippen molar-refractivity contribution in [2.75, 3.05) is 0 Å². The van der Waals surface area contributed by atoms with E-state index in [4.69, 9.17) is 0 Å². The molecule has 3 aliphatic carbocycles. The van der Waals surface area contributed by atoms with Crippen molar-refractivity contribution >= 4 is 0 Å². The van der Waals surface area contributed by atoms with E-state index in [9.17, 15) is 0 Å². The van der Waals surface area contributed by atoms with Gasteiger partial charge in [-0.2, -0.15) is 0 Å². The molecule has 4 rings (SSSR count). The van der Waals surface area contributed by atoms with Crippen LogP contribution in [0.3, 0.4) is 0 Å². The second kappa shape index (κ2) is 8.17. The van der Waals surface area contributed by atoms with E-state index >= 15 is 0 Å². The Morgan fingerprint density at radius 2 is 1.41 bits per heavy atom. The van der Waals surface area contributed by atoms with Gasteiger partial charge in [-0.05, 0) is 13.8 Å². The van der Waals surface area contributed by atoms with Gasteiger partial charge in [0.05, 0.1) is 0 Å². The van der Waals surface area contributed by atoms with E-state index in [1.54, 1.807) is 9.45 Å². The van der Waals surface area contributed by atoms with Crippen molar-refractivity contribution in [3.63, 3.8) is 0 Å². The molecule has 0 aromatic rings. The third kappa shape index (κ3) is 4.80. The Balaban J connectivity index is 0.000000307. The zero-order chi connectivity index (χ0) is 19.8. The van der Waals surface area contributed by atoms with Crippen LogP contribution in [0.5, 0.6) is 0 Å². The number of fused-ring (bicyclic) bond motifs is 3. The van der Waals surface area contributed by atoms with Gasteiger partial charge in [-0.15, -0.1) is 0 Å². The van der Waals surface area contributed by atoms with Crippen LogP contribution in [0.15, 0.2) is 48.6 Å². The molecule has 1 aliphatic heterocycles.